The average Bonchev–Trinajstić information content (AvgIpc) is 2.96. The molecule has 0 bridgehead atoms. The maximum Gasteiger partial charge on any atom is 0.253 e. The van der Waals surface area contributed by atoms with E-state index in [9.17, 15) is 14.7 Å². The second kappa shape index (κ2) is 8.86. The lowest BCUT2D eigenvalue weighted by Crippen LogP contribution is -2.34. The Balaban J connectivity index is 0.00000264. The molecule has 2 amide bonds. The third kappa shape index (κ3) is 4.92. The van der Waals surface area contributed by atoms with Crippen LogP contribution in [-0.2, 0) is 0 Å². The minimum Gasteiger partial charge on any atom is -0.391 e. The van der Waals surface area contributed by atoms with Gasteiger partial charge in [0.05, 0.1) is 6.10 Å². The van der Waals surface area contributed by atoms with E-state index >= 15 is 0 Å². The van der Waals surface area contributed by atoms with Crippen LogP contribution in [0.2, 0.25) is 0 Å². The lowest BCUT2D eigenvalue weighted by molar-refractivity contribution is 0.0802. The number of hydrogen-bond donors (Lipinski definition) is 3. The average molecular weight is 342 g/mol. The van der Waals surface area contributed by atoms with Gasteiger partial charge in [0.1, 0.15) is 0 Å². The zero-order chi connectivity index (χ0) is 16.1. The van der Waals surface area contributed by atoms with Crippen molar-refractivity contribution in [3.8, 4) is 0 Å². The number of β-amino-alcohol motifs (C(OH)–C–C–N with tert-alkyl or cyclic N) is 1. The van der Waals surface area contributed by atoms with Gasteiger partial charge >= 0.3 is 0 Å². The van der Waals surface area contributed by atoms with Gasteiger partial charge in [0.2, 0.25) is 0 Å². The molecule has 1 fully saturated rings. The molecule has 1 aliphatic rings. The summed E-state index contributed by atoms with van der Waals surface area (Å²) in [5.74, 6) is -0.305. The van der Waals surface area contributed by atoms with E-state index in [1.165, 1.54) is 0 Å². The van der Waals surface area contributed by atoms with Crippen LogP contribution in [0.1, 0.15) is 27.6 Å². The van der Waals surface area contributed by atoms with Crippen LogP contribution in [-0.4, -0.2) is 61.2 Å². The first kappa shape index (κ1) is 19.4. The van der Waals surface area contributed by atoms with Gasteiger partial charge in [-0.15, -0.1) is 12.4 Å². The summed E-state index contributed by atoms with van der Waals surface area (Å²) in [5.41, 5.74) is 0.954. The van der Waals surface area contributed by atoms with E-state index in [4.69, 9.17) is 0 Å². The number of amides is 2. The maximum absolute atomic E-state index is 12.2. The molecule has 6 nitrogen and oxygen atoms in total. The van der Waals surface area contributed by atoms with E-state index in [-0.39, 0.29) is 30.1 Å². The number of nitrogens with zero attached hydrogens (tertiary/aromatic N) is 1. The van der Waals surface area contributed by atoms with Gasteiger partial charge in [-0.3, -0.25) is 9.59 Å². The molecule has 0 saturated carbocycles. The zero-order valence-corrected chi connectivity index (χ0v) is 14.2. The first-order chi connectivity index (χ1) is 10.5. The number of halogens is 1. The first-order valence-corrected chi connectivity index (χ1v) is 7.55. The fourth-order valence-corrected chi connectivity index (χ4v) is 2.41. The normalized spacial score (nSPS) is 19.8. The zero-order valence-electron chi connectivity index (χ0n) is 13.4. The molecule has 23 heavy (non-hydrogen) atoms. The molecular weight excluding hydrogens is 318 g/mol. The number of nitrogens with one attached hydrogen (secondary N) is 2. The summed E-state index contributed by atoms with van der Waals surface area (Å²) in [4.78, 5) is 25.9. The molecule has 2 unspecified atom stereocenters. The van der Waals surface area contributed by atoms with Crippen LogP contribution >= 0.6 is 12.4 Å². The monoisotopic (exact) mass is 341 g/mol. The van der Waals surface area contributed by atoms with Crippen molar-refractivity contribution in [3.63, 3.8) is 0 Å². The summed E-state index contributed by atoms with van der Waals surface area (Å²) in [6, 6.07) is 6.70. The van der Waals surface area contributed by atoms with Crippen molar-refractivity contribution in [2.45, 2.75) is 13.0 Å². The van der Waals surface area contributed by atoms with E-state index in [0.29, 0.717) is 37.3 Å². The Morgan fingerprint density at radius 2 is 2.04 bits per heavy atom. The smallest absolute Gasteiger partial charge is 0.253 e. The van der Waals surface area contributed by atoms with Crippen LogP contribution in [0.5, 0.6) is 0 Å². The Morgan fingerprint density at radius 3 is 2.65 bits per heavy atom. The molecule has 1 aromatic carbocycles. The minimum atomic E-state index is -0.425. The van der Waals surface area contributed by atoms with Gasteiger partial charge < -0.3 is 20.6 Å². The van der Waals surface area contributed by atoms with Gasteiger partial charge in [0.25, 0.3) is 11.8 Å². The van der Waals surface area contributed by atoms with Crippen molar-refractivity contribution in [2.24, 2.45) is 5.92 Å². The van der Waals surface area contributed by atoms with Gasteiger partial charge in [0, 0.05) is 50.3 Å². The van der Waals surface area contributed by atoms with Crippen molar-refractivity contribution in [3.05, 3.63) is 35.4 Å². The summed E-state index contributed by atoms with van der Waals surface area (Å²) in [6.45, 7) is 4.19. The number of aliphatic hydroxyl groups excluding tert-OH is 1. The predicted molar refractivity (Wildman–Crippen MR) is 91.0 cm³/mol. The van der Waals surface area contributed by atoms with Crippen LogP contribution < -0.4 is 10.6 Å². The number of carbonyl (C=O) groups excluding carboxylic acids is 2. The Morgan fingerprint density at radius 1 is 1.35 bits per heavy atom. The van der Waals surface area contributed by atoms with Gasteiger partial charge in [-0.2, -0.15) is 0 Å². The highest BCUT2D eigenvalue weighted by molar-refractivity contribution is 5.99. The number of aliphatic hydroxyl groups is 1. The van der Waals surface area contributed by atoms with Crippen molar-refractivity contribution in [1.29, 1.82) is 0 Å². The van der Waals surface area contributed by atoms with Gasteiger partial charge in [-0.05, 0) is 25.1 Å². The molecule has 0 radical (unpaired) electrons. The van der Waals surface area contributed by atoms with Gasteiger partial charge in [0.15, 0.2) is 0 Å². The molecule has 2 atom stereocenters. The molecule has 0 spiro atoms. The molecule has 1 aliphatic heterocycles. The highest BCUT2D eigenvalue weighted by Crippen LogP contribution is 2.10. The van der Waals surface area contributed by atoms with Crippen LogP contribution in [0, 0.1) is 5.92 Å². The number of benzene rings is 1. The first-order valence-electron chi connectivity index (χ1n) is 7.55. The molecular formula is C16H24ClN3O3. The van der Waals surface area contributed by atoms with Gasteiger partial charge in [-0.1, -0.05) is 6.07 Å². The molecule has 7 heteroatoms. The Kier molecular flexibility index (Phi) is 7.48. The lowest BCUT2D eigenvalue weighted by Gasteiger charge is -2.16. The summed E-state index contributed by atoms with van der Waals surface area (Å²) >= 11 is 0. The number of hydrogen-bond acceptors (Lipinski definition) is 4. The SMILES string of the molecule is CCN(C)C(=O)c1cccc(C(=O)NCC2CNCC2O)c1.Cl. The van der Waals surface area contributed by atoms with Crippen molar-refractivity contribution in [1.82, 2.24) is 15.5 Å². The molecule has 1 heterocycles. The standard InChI is InChI=1S/C16H23N3O3.ClH/c1-3-19(2)16(22)12-6-4-5-11(7-12)15(21)18-9-13-8-17-10-14(13)20;/h4-7,13-14,17,20H,3,8-10H2,1-2H3,(H,18,21);1H. The largest absolute Gasteiger partial charge is 0.391 e. The van der Waals surface area contributed by atoms with Crippen molar-refractivity contribution in [2.75, 3.05) is 33.2 Å². The summed E-state index contributed by atoms with van der Waals surface area (Å²) in [7, 11) is 1.73. The van der Waals surface area contributed by atoms with E-state index in [2.05, 4.69) is 10.6 Å². The molecule has 2 rings (SSSR count). The Labute approximate surface area is 142 Å². The summed E-state index contributed by atoms with van der Waals surface area (Å²) in [5, 5.41) is 15.6. The van der Waals surface area contributed by atoms with Crippen molar-refractivity contribution >= 4 is 24.2 Å². The van der Waals surface area contributed by atoms with E-state index < -0.39 is 6.10 Å². The number of carbonyl (C=O) groups is 2. The fraction of sp³-hybridized carbons (Fsp3) is 0.500. The second-order valence-corrected chi connectivity index (χ2v) is 5.60. The number of rotatable bonds is 5. The van der Waals surface area contributed by atoms with E-state index in [0.717, 1.165) is 0 Å². The Hall–Kier alpha value is -1.63. The lowest BCUT2D eigenvalue weighted by atomic mass is 10.1. The topological polar surface area (TPSA) is 81.7 Å². The predicted octanol–water partition coefficient (Wildman–Crippen LogP) is 0.510. The minimum absolute atomic E-state index is 0. The molecule has 128 valence electrons. The third-order valence-electron chi connectivity index (χ3n) is 4.02. The highest BCUT2D eigenvalue weighted by Gasteiger charge is 2.25. The van der Waals surface area contributed by atoms with Gasteiger partial charge in [-0.25, -0.2) is 0 Å². The highest BCUT2D eigenvalue weighted by atomic mass is 35.5. The summed E-state index contributed by atoms with van der Waals surface area (Å²) in [6.07, 6.45) is -0.425. The van der Waals surface area contributed by atoms with Crippen LogP contribution in [0.3, 0.4) is 0 Å². The maximum atomic E-state index is 12.2. The quantitative estimate of drug-likeness (QED) is 0.729. The van der Waals surface area contributed by atoms with Crippen LogP contribution in [0.15, 0.2) is 24.3 Å². The van der Waals surface area contributed by atoms with E-state index in [1.54, 1.807) is 36.2 Å². The van der Waals surface area contributed by atoms with Crippen LogP contribution in [0.25, 0.3) is 0 Å². The molecule has 0 aromatic heterocycles. The van der Waals surface area contributed by atoms with Crippen LogP contribution in [0.4, 0.5) is 0 Å². The third-order valence-corrected chi connectivity index (χ3v) is 4.02. The fourth-order valence-electron chi connectivity index (χ4n) is 2.41. The van der Waals surface area contributed by atoms with Crippen molar-refractivity contribution < 1.29 is 14.7 Å². The Bertz CT molecular complexity index is 553. The molecule has 1 saturated heterocycles. The molecule has 1 aromatic rings. The summed E-state index contributed by atoms with van der Waals surface area (Å²) < 4.78 is 0. The second-order valence-electron chi connectivity index (χ2n) is 5.60. The van der Waals surface area contributed by atoms with E-state index in [1.807, 2.05) is 6.92 Å². The molecule has 3 N–H and O–H groups in total. The molecule has 0 aliphatic carbocycles.